The van der Waals surface area contributed by atoms with Crippen LogP contribution in [0.2, 0.25) is 0 Å². The van der Waals surface area contributed by atoms with Gasteiger partial charge in [0.2, 0.25) is 0 Å². The van der Waals surface area contributed by atoms with E-state index in [0.717, 1.165) is 12.3 Å². The average molecular weight is 229 g/mol. The molecule has 1 nitrogen and oxygen atoms in total. The summed E-state index contributed by atoms with van der Waals surface area (Å²) in [6.07, 6.45) is 8.92. The van der Waals surface area contributed by atoms with E-state index in [1.165, 1.54) is 19.3 Å². The highest BCUT2D eigenvalue weighted by Crippen LogP contribution is 2.68. The van der Waals surface area contributed by atoms with Crippen molar-refractivity contribution in [3.8, 4) is 0 Å². The Kier molecular flexibility index (Phi) is 2.79. The van der Waals surface area contributed by atoms with Gasteiger partial charge in [-0.2, -0.15) is 0 Å². The number of rotatable bonds is 3. The third-order valence-corrected chi connectivity index (χ3v) is 5.83. The number of fused-ring (bicyclic) bond motifs is 2. The number of methoxy groups -OCH3 is 1. The van der Waals surface area contributed by atoms with Gasteiger partial charge in [-0.1, -0.05) is 13.8 Å². The lowest BCUT2D eigenvalue weighted by atomic mass is 9.67. The Morgan fingerprint density at radius 2 is 2.20 bits per heavy atom. The summed E-state index contributed by atoms with van der Waals surface area (Å²) >= 11 is 6.49. The molecule has 2 fully saturated rings. The monoisotopic (exact) mass is 228 g/mol. The zero-order valence-corrected chi connectivity index (χ0v) is 10.7. The van der Waals surface area contributed by atoms with Crippen molar-refractivity contribution < 1.29 is 4.74 Å². The minimum atomic E-state index is 0.331. The highest BCUT2D eigenvalue weighted by atomic mass is 35.5. The van der Waals surface area contributed by atoms with Crippen LogP contribution in [0.25, 0.3) is 0 Å². The largest absolute Gasteiger partial charge is 0.505 e. The van der Waals surface area contributed by atoms with Crippen LogP contribution in [0.1, 0.15) is 39.5 Å². The van der Waals surface area contributed by atoms with Crippen molar-refractivity contribution in [2.75, 3.05) is 7.11 Å². The Morgan fingerprint density at radius 1 is 1.47 bits per heavy atom. The van der Waals surface area contributed by atoms with Crippen LogP contribution in [0.4, 0.5) is 0 Å². The summed E-state index contributed by atoms with van der Waals surface area (Å²) in [5.41, 5.74) is 0.714. The van der Waals surface area contributed by atoms with Gasteiger partial charge in [0.15, 0.2) is 0 Å². The standard InChI is InChI=1S/C13H21ClO/c1-12(6-4-8-15-3)10-5-7-13(12,2)11(14)9-10/h4,8,10-11H,5-7,9H2,1-3H3/b8-4+/t10-,11+,12?,13-/m1/s1. The zero-order chi connectivity index (χ0) is 11.1. The molecule has 2 aliphatic carbocycles. The predicted molar refractivity (Wildman–Crippen MR) is 64.0 cm³/mol. The molecule has 0 spiro atoms. The first kappa shape index (κ1) is 11.3. The molecule has 0 aromatic heterocycles. The minimum absolute atomic E-state index is 0.331. The minimum Gasteiger partial charge on any atom is -0.505 e. The molecule has 2 bridgehead atoms. The van der Waals surface area contributed by atoms with E-state index in [4.69, 9.17) is 16.3 Å². The van der Waals surface area contributed by atoms with Gasteiger partial charge in [0.05, 0.1) is 13.4 Å². The predicted octanol–water partition coefficient (Wildman–Crippen LogP) is 3.97. The Hall–Kier alpha value is -0.170. The highest BCUT2D eigenvalue weighted by Gasteiger charge is 2.62. The summed E-state index contributed by atoms with van der Waals surface area (Å²) in [6.45, 7) is 4.78. The van der Waals surface area contributed by atoms with Crippen LogP contribution < -0.4 is 0 Å². The number of hydrogen-bond donors (Lipinski definition) is 0. The van der Waals surface area contributed by atoms with Gasteiger partial charge in [-0.25, -0.2) is 0 Å². The van der Waals surface area contributed by atoms with E-state index in [1.54, 1.807) is 13.4 Å². The second kappa shape index (κ2) is 3.69. The number of ether oxygens (including phenoxy) is 1. The number of alkyl halides is 1. The molecule has 0 aromatic rings. The first-order chi connectivity index (χ1) is 7.04. The molecule has 1 unspecified atom stereocenters. The van der Waals surface area contributed by atoms with Crippen LogP contribution in [0, 0.1) is 16.7 Å². The van der Waals surface area contributed by atoms with Gasteiger partial charge in [-0.05, 0) is 48.5 Å². The summed E-state index contributed by atoms with van der Waals surface area (Å²) in [7, 11) is 1.70. The summed E-state index contributed by atoms with van der Waals surface area (Å²) in [4.78, 5) is 0. The number of allylic oxidation sites excluding steroid dienone is 1. The van der Waals surface area contributed by atoms with Crippen LogP contribution in [0.5, 0.6) is 0 Å². The van der Waals surface area contributed by atoms with Gasteiger partial charge in [0.25, 0.3) is 0 Å². The van der Waals surface area contributed by atoms with Crippen molar-refractivity contribution in [3.05, 3.63) is 12.3 Å². The van der Waals surface area contributed by atoms with Gasteiger partial charge >= 0.3 is 0 Å². The zero-order valence-electron chi connectivity index (χ0n) is 9.92. The number of hydrogen-bond acceptors (Lipinski definition) is 1. The van der Waals surface area contributed by atoms with Crippen LogP contribution in [-0.2, 0) is 4.74 Å². The van der Waals surface area contributed by atoms with E-state index in [-0.39, 0.29) is 0 Å². The molecule has 0 aliphatic heterocycles. The quantitative estimate of drug-likeness (QED) is 0.525. The lowest BCUT2D eigenvalue weighted by Crippen LogP contribution is -2.34. The lowest BCUT2D eigenvalue weighted by molar-refractivity contribution is 0.132. The lowest BCUT2D eigenvalue weighted by Gasteiger charge is -2.39. The fourth-order valence-electron chi connectivity index (χ4n) is 3.74. The van der Waals surface area contributed by atoms with Crippen LogP contribution >= 0.6 is 11.6 Å². The normalized spacial score (nSPS) is 49.1. The first-order valence-electron chi connectivity index (χ1n) is 5.86. The molecule has 0 heterocycles. The van der Waals surface area contributed by atoms with Gasteiger partial charge in [-0.15, -0.1) is 11.6 Å². The average Bonchev–Trinajstić information content (AvgIpc) is 2.53. The molecule has 86 valence electrons. The van der Waals surface area contributed by atoms with Crippen molar-refractivity contribution in [1.29, 1.82) is 0 Å². The molecule has 0 amide bonds. The van der Waals surface area contributed by atoms with Crippen LogP contribution in [0.3, 0.4) is 0 Å². The van der Waals surface area contributed by atoms with Crippen molar-refractivity contribution in [3.63, 3.8) is 0 Å². The maximum Gasteiger partial charge on any atom is 0.0784 e. The van der Waals surface area contributed by atoms with Crippen LogP contribution in [-0.4, -0.2) is 12.5 Å². The molecule has 2 saturated carbocycles. The second-order valence-electron chi connectivity index (χ2n) is 5.59. The van der Waals surface area contributed by atoms with E-state index in [1.807, 2.05) is 0 Å². The third kappa shape index (κ3) is 1.43. The Labute approximate surface area is 97.8 Å². The van der Waals surface area contributed by atoms with Gasteiger partial charge in [-0.3, -0.25) is 0 Å². The van der Waals surface area contributed by atoms with E-state index in [2.05, 4.69) is 19.9 Å². The fraction of sp³-hybridized carbons (Fsp3) is 0.846. The van der Waals surface area contributed by atoms with E-state index in [9.17, 15) is 0 Å². The van der Waals surface area contributed by atoms with E-state index >= 15 is 0 Å². The summed E-state index contributed by atoms with van der Waals surface area (Å²) in [5.74, 6) is 0.812. The van der Waals surface area contributed by atoms with E-state index < -0.39 is 0 Å². The smallest absolute Gasteiger partial charge is 0.0784 e. The third-order valence-electron chi connectivity index (χ3n) is 5.17. The van der Waals surface area contributed by atoms with E-state index in [0.29, 0.717) is 16.2 Å². The maximum absolute atomic E-state index is 6.49. The summed E-state index contributed by atoms with van der Waals surface area (Å²) < 4.78 is 4.98. The molecule has 0 saturated heterocycles. The molecule has 2 rings (SSSR count). The van der Waals surface area contributed by atoms with Gasteiger partial charge in [0, 0.05) is 5.38 Å². The van der Waals surface area contributed by atoms with Crippen molar-refractivity contribution in [1.82, 2.24) is 0 Å². The molecule has 0 radical (unpaired) electrons. The molecule has 2 aliphatic rings. The highest BCUT2D eigenvalue weighted by molar-refractivity contribution is 6.21. The molecule has 4 atom stereocenters. The van der Waals surface area contributed by atoms with Crippen molar-refractivity contribution in [2.45, 2.75) is 44.9 Å². The molecule has 0 N–H and O–H groups in total. The van der Waals surface area contributed by atoms with Gasteiger partial charge in [0.1, 0.15) is 0 Å². The molecule has 15 heavy (non-hydrogen) atoms. The molecular formula is C13H21ClO. The number of halogens is 1. The topological polar surface area (TPSA) is 9.23 Å². The second-order valence-corrected chi connectivity index (χ2v) is 6.11. The fourth-order valence-corrected chi connectivity index (χ4v) is 4.31. The Morgan fingerprint density at radius 3 is 2.67 bits per heavy atom. The van der Waals surface area contributed by atoms with Crippen LogP contribution in [0.15, 0.2) is 12.3 Å². The van der Waals surface area contributed by atoms with Crippen molar-refractivity contribution >= 4 is 11.6 Å². The molecule has 0 aromatic carbocycles. The molecular weight excluding hydrogens is 208 g/mol. The maximum atomic E-state index is 6.49. The summed E-state index contributed by atoms with van der Waals surface area (Å²) in [6, 6.07) is 0. The molecule has 2 heteroatoms. The Balaban J connectivity index is 2.17. The Bertz CT molecular complexity index is 276. The first-order valence-corrected chi connectivity index (χ1v) is 6.30. The van der Waals surface area contributed by atoms with Crippen molar-refractivity contribution in [2.24, 2.45) is 16.7 Å². The van der Waals surface area contributed by atoms with Gasteiger partial charge < -0.3 is 4.74 Å². The summed E-state index contributed by atoms with van der Waals surface area (Å²) in [5, 5.41) is 0.372. The SMILES string of the molecule is CO/C=C/CC1(C)[C@@H]2CC[C@]1(C)[C@@H](Cl)C2.